The first-order valence-electron chi connectivity index (χ1n) is 5.52. The molecule has 0 saturated carbocycles. The van der Waals surface area contributed by atoms with Crippen molar-refractivity contribution in [3.8, 4) is 0 Å². The maximum Gasteiger partial charge on any atom is 0.243 e. The molecular formula is C12H14NO3S. The highest BCUT2D eigenvalue weighted by Gasteiger charge is 2.27. The average molecular weight is 252 g/mol. The van der Waals surface area contributed by atoms with E-state index in [1.807, 2.05) is 0 Å². The van der Waals surface area contributed by atoms with E-state index in [1.165, 1.54) is 4.31 Å². The minimum Gasteiger partial charge on any atom is -0.298 e. The van der Waals surface area contributed by atoms with E-state index in [0.29, 0.717) is 19.4 Å². The second-order valence-corrected chi connectivity index (χ2v) is 5.90. The zero-order chi connectivity index (χ0) is 12.3. The van der Waals surface area contributed by atoms with Gasteiger partial charge in [0.2, 0.25) is 10.0 Å². The summed E-state index contributed by atoms with van der Waals surface area (Å²) in [5.74, 6) is -0.123. The van der Waals surface area contributed by atoms with E-state index in [1.54, 1.807) is 36.8 Å². The molecule has 1 heterocycles. The normalized spacial score (nSPS) is 18.9. The van der Waals surface area contributed by atoms with Crippen LogP contribution in [0.4, 0.5) is 0 Å². The molecule has 0 unspecified atom stereocenters. The van der Waals surface area contributed by atoms with Crippen LogP contribution in [-0.2, 0) is 14.8 Å². The van der Waals surface area contributed by atoms with Gasteiger partial charge in [0.05, 0.1) is 11.4 Å². The van der Waals surface area contributed by atoms with Crippen LogP contribution in [0.15, 0.2) is 35.2 Å². The molecule has 1 saturated heterocycles. The minimum absolute atomic E-state index is 0.0444. The highest BCUT2D eigenvalue weighted by atomic mass is 32.2. The zero-order valence-electron chi connectivity index (χ0n) is 9.37. The van der Waals surface area contributed by atoms with Crippen LogP contribution < -0.4 is 0 Å². The lowest BCUT2D eigenvalue weighted by molar-refractivity contribution is -0.115. The molecule has 17 heavy (non-hydrogen) atoms. The van der Waals surface area contributed by atoms with Crippen molar-refractivity contribution in [1.29, 1.82) is 0 Å². The molecule has 5 heteroatoms. The Balaban J connectivity index is 2.29. The molecule has 4 nitrogen and oxygen atoms in total. The van der Waals surface area contributed by atoms with Crippen LogP contribution in [0, 0.1) is 6.42 Å². The van der Waals surface area contributed by atoms with Gasteiger partial charge in [-0.05, 0) is 25.0 Å². The lowest BCUT2D eigenvalue weighted by Gasteiger charge is -2.18. The molecule has 1 aliphatic rings. The maximum absolute atomic E-state index is 12.2. The van der Waals surface area contributed by atoms with Crippen molar-refractivity contribution in [2.75, 3.05) is 13.1 Å². The van der Waals surface area contributed by atoms with Crippen molar-refractivity contribution in [2.24, 2.45) is 0 Å². The summed E-state index contributed by atoms with van der Waals surface area (Å²) in [5, 5.41) is 0. The van der Waals surface area contributed by atoms with E-state index >= 15 is 0 Å². The Kier molecular flexibility index (Phi) is 3.59. The second kappa shape index (κ2) is 4.98. The van der Waals surface area contributed by atoms with Gasteiger partial charge in [0, 0.05) is 13.0 Å². The molecule has 1 radical (unpaired) electrons. The van der Waals surface area contributed by atoms with E-state index < -0.39 is 10.0 Å². The fraction of sp³-hybridized carbons (Fsp3) is 0.333. The summed E-state index contributed by atoms with van der Waals surface area (Å²) in [6, 6.07) is 8.22. The largest absolute Gasteiger partial charge is 0.298 e. The Morgan fingerprint density at radius 1 is 1.12 bits per heavy atom. The van der Waals surface area contributed by atoms with Crippen molar-refractivity contribution in [2.45, 2.75) is 17.7 Å². The lowest BCUT2D eigenvalue weighted by atomic mass is 10.2. The quantitative estimate of drug-likeness (QED) is 0.796. The maximum atomic E-state index is 12.2. The third-order valence-electron chi connectivity index (χ3n) is 2.70. The zero-order valence-corrected chi connectivity index (χ0v) is 10.2. The van der Waals surface area contributed by atoms with E-state index in [2.05, 4.69) is 0 Å². The topological polar surface area (TPSA) is 54.5 Å². The number of ketones is 1. The van der Waals surface area contributed by atoms with Crippen LogP contribution in [0.3, 0.4) is 0 Å². The van der Waals surface area contributed by atoms with E-state index in [4.69, 9.17) is 0 Å². The number of rotatable bonds is 2. The number of carbonyl (C=O) groups is 1. The van der Waals surface area contributed by atoms with E-state index in [-0.39, 0.29) is 17.2 Å². The molecule has 0 bridgehead atoms. The fourth-order valence-electron chi connectivity index (χ4n) is 1.79. The van der Waals surface area contributed by atoms with Crippen molar-refractivity contribution in [3.05, 3.63) is 36.8 Å². The van der Waals surface area contributed by atoms with Gasteiger partial charge in [0.15, 0.2) is 5.78 Å². The molecule has 0 atom stereocenters. The Morgan fingerprint density at radius 3 is 2.53 bits per heavy atom. The smallest absolute Gasteiger partial charge is 0.243 e. The van der Waals surface area contributed by atoms with Gasteiger partial charge in [-0.2, -0.15) is 4.31 Å². The van der Waals surface area contributed by atoms with Crippen molar-refractivity contribution >= 4 is 15.8 Å². The molecule has 0 amide bonds. The number of Topliss-reactive ketones (excluding diaryl/α,β-unsaturated/α-hetero) is 1. The summed E-state index contributed by atoms with van der Waals surface area (Å²) < 4.78 is 25.7. The molecule has 1 aromatic rings. The molecular weight excluding hydrogens is 238 g/mol. The highest BCUT2D eigenvalue weighted by molar-refractivity contribution is 7.89. The predicted octanol–water partition coefficient (Wildman–Crippen LogP) is 1.24. The van der Waals surface area contributed by atoms with Gasteiger partial charge in [0.25, 0.3) is 0 Å². The fourth-order valence-corrected chi connectivity index (χ4v) is 3.26. The number of hydrogen-bond acceptors (Lipinski definition) is 3. The molecule has 0 aromatic heterocycles. The van der Waals surface area contributed by atoms with Crippen LogP contribution in [0.2, 0.25) is 0 Å². The summed E-state index contributed by atoms with van der Waals surface area (Å²) >= 11 is 0. The Morgan fingerprint density at radius 2 is 1.82 bits per heavy atom. The van der Waals surface area contributed by atoms with Crippen LogP contribution in [0.1, 0.15) is 12.8 Å². The number of hydrogen-bond donors (Lipinski definition) is 0. The molecule has 1 fully saturated rings. The monoisotopic (exact) mass is 252 g/mol. The van der Waals surface area contributed by atoms with Crippen molar-refractivity contribution < 1.29 is 13.2 Å². The summed E-state index contributed by atoms with van der Waals surface area (Å²) in [6.45, 7) is 0.358. The van der Waals surface area contributed by atoms with Gasteiger partial charge in [-0.1, -0.05) is 18.2 Å². The molecule has 0 N–H and O–H groups in total. The van der Waals surface area contributed by atoms with Gasteiger partial charge >= 0.3 is 0 Å². The third kappa shape index (κ3) is 2.73. The lowest BCUT2D eigenvalue weighted by Crippen LogP contribution is -2.34. The first kappa shape index (κ1) is 12.3. The van der Waals surface area contributed by atoms with Crippen LogP contribution in [-0.4, -0.2) is 31.6 Å². The van der Waals surface area contributed by atoms with E-state index in [9.17, 15) is 13.2 Å². The van der Waals surface area contributed by atoms with Gasteiger partial charge in [0.1, 0.15) is 0 Å². The molecule has 0 spiro atoms. The molecule has 2 rings (SSSR count). The first-order valence-corrected chi connectivity index (χ1v) is 6.96. The first-order chi connectivity index (χ1) is 8.10. The van der Waals surface area contributed by atoms with Gasteiger partial charge in [-0.25, -0.2) is 8.42 Å². The molecule has 91 valence electrons. The molecule has 0 aliphatic carbocycles. The number of nitrogens with zero attached hydrogens (tertiary/aromatic N) is 1. The highest BCUT2D eigenvalue weighted by Crippen LogP contribution is 2.18. The van der Waals surface area contributed by atoms with Gasteiger partial charge in [-0.15, -0.1) is 0 Å². The van der Waals surface area contributed by atoms with Crippen LogP contribution in [0.25, 0.3) is 0 Å². The van der Waals surface area contributed by atoms with Crippen molar-refractivity contribution in [3.63, 3.8) is 0 Å². The minimum atomic E-state index is -3.53. The summed E-state index contributed by atoms with van der Waals surface area (Å²) in [7, 11) is -3.53. The molecule has 1 aromatic carbocycles. The Labute approximate surface area is 101 Å². The third-order valence-corrected chi connectivity index (χ3v) is 4.56. The average Bonchev–Trinajstić information content (AvgIpc) is 2.55. The number of benzene rings is 1. The molecule has 1 aliphatic heterocycles. The summed E-state index contributed by atoms with van der Waals surface area (Å²) in [5.41, 5.74) is 0. The Hall–Kier alpha value is -1.20. The van der Waals surface area contributed by atoms with Gasteiger partial charge < -0.3 is 0 Å². The summed E-state index contributed by atoms with van der Waals surface area (Å²) in [6.07, 6.45) is 2.91. The van der Waals surface area contributed by atoms with Crippen LogP contribution >= 0.6 is 0 Å². The SMILES string of the molecule is O=C1[CH]CCCN(S(=O)(=O)c2ccccc2)C1. The Bertz CT molecular complexity index is 496. The predicted molar refractivity (Wildman–Crippen MR) is 63.7 cm³/mol. The summed E-state index contributed by atoms with van der Waals surface area (Å²) in [4.78, 5) is 11.7. The van der Waals surface area contributed by atoms with Crippen LogP contribution in [0.5, 0.6) is 0 Å². The second-order valence-electron chi connectivity index (χ2n) is 3.96. The van der Waals surface area contributed by atoms with Crippen molar-refractivity contribution in [1.82, 2.24) is 4.31 Å². The standard InChI is InChI=1S/C12H14NO3S/c14-11-6-4-5-9-13(10-11)17(15,16)12-7-2-1-3-8-12/h1-3,6-8H,4-5,9-10H2. The number of sulfonamides is 1. The van der Waals surface area contributed by atoms with E-state index in [0.717, 1.165) is 0 Å². The number of carbonyl (C=O) groups excluding carboxylic acids is 1. The van der Waals surface area contributed by atoms with Gasteiger partial charge in [-0.3, -0.25) is 4.79 Å².